The zero-order valence-electron chi connectivity index (χ0n) is 10.5. The summed E-state index contributed by atoms with van der Waals surface area (Å²) >= 11 is 0. The number of ether oxygens (including phenoxy) is 2. The Bertz CT molecular complexity index is 404. The summed E-state index contributed by atoms with van der Waals surface area (Å²) in [4.78, 5) is 25.2. The third kappa shape index (κ3) is 2.49. The van der Waals surface area contributed by atoms with E-state index in [1.54, 1.807) is 0 Å². The zero-order valence-corrected chi connectivity index (χ0v) is 10.5. The predicted octanol–water partition coefficient (Wildman–Crippen LogP) is 0.447. The third-order valence-corrected chi connectivity index (χ3v) is 2.91. The topological polar surface area (TPSA) is 77.4 Å². The smallest absolute Gasteiger partial charge is 0.324 e. The average molecular weight is 252 g/mol. The summed E-state index contributed by atoms with van der Waals surface area (Å²) in [5.74, 6) is 0.426. The first-order valence-electron chi connectivity index (χ1n) is 5.84. The van der Waals surface area contributed by atoms with Crippen molar-refractivity contribution in [2.75, 3.05) is 25.7 Å². The molecule has 7 heteroatoms. The Morgan fingerprint density at radius 1 is 1.17 bits per heavy atom. The fourth-order valence-corrected chi connectivity index (χ4v) is 1.99. The van der Waals surface area contributed by atoms with E-state index < -0.39 is 0 Å². The molecule has 0 aromatic carbocycles. The van der Waals surface area contributed by atoms with E-state index in [1.165, 1.54) is 14.2 Å². The van der Waals surface area contributed by atoms with Crippen LogP contribution in [0.5, 0.6) is 12.0 Å². The van der Waals surface area contributed by atoms with Gasteiger partial charge in [0.25, 0.3) is 0 Å². The maximum atomic E-state index is 11.1. The molecule has 98 valence electrons. The van der Waals surface area contributed by atoms with Crippen LogP contribution in [0, 0.1) is 0 Å². The van der Waals surface area contributed by atoms with Crippen molar-refractivity contribution in [3.05, 3.63) is 0 Å². The van der Waals surface area contributed by atoms with E-state index in [0.29, 0.717) is 5.95 Å². The van der Waals surface area contributed by atoms with E-state index >= 15 is 0 Å². The molecule has 1 saturated heterocycles. The van der Waals surface area contributed by atoms with Crippen LogP contribution in [0.15, 0.2) is 0 Å². The SMILES string of the molecule is COc1nc(OC)nc(N2CCCCC2C=O)n1. The minimum absolute atomic E-state index is 0.185. The van der Waals surface area contributed by atoms with Crippen LogP contribution in [0.25, 0.3) is 0 Å². The van der Waals surface area contributed by atoms with Crippen molar-refractivity contribution in [1.82, 2.24) is 15.0 Å². The number of carbonyl (C=O) groups excluding carboxylic acids is 1. The second-order valence-electron chi connectivity index (χ2n) is 4.00. The lowest BCUT2D eigenvalue weighted by Gasteiger charge is -2.32. The highest BCUT2D eigenvalue weighted by atomic mass is 16.5. The van der Waals surface area contributed by atoms with Gasteiger partial charge in [-0.2, -0.15) is 9.97 Å². The Labute approximate surface area is 105 Å². The maximum absolute atomic E-state index is 11.1. The average Bonchev–Trinajstić information content (AvgIpc) is 2.46. The summed E-state index contributed by atoms with van der Waals surface area (Å²) < 4.78 is 10.00. The van der Waals surface area contributed by atoms with Gasteiger partial charge in [0.05, 0.1) is 20.3 Å². The lowest BCUT2D eigenvalue weighted by molar-refractivity contribution is -0.109. The molecule has 0 radical (unpaired) electrons. The van der Waals surface area contributed by atoms with Crippen LogP contribution in [-0.4, -0.2) is 48.0 Å². The highest BCUT2D eigenvalue weighted by Crippen LogP contribution is 2.23. The van der Waals surface area contributed by atoms with Crippen LogP contribution in [0.1, 0.15) is 19.3 Å². The molecule has 0 spiro atoms. The summed E-state index contributed by atoms with van der Waals surface area (Å²) in [6.07, 6.45) is 3.81. The zero-order chi connectivity index (χ0) is 13.0. The van der Waals surface area contributed by atoms with Gasteiger partial charge in [0.1, 0.15) is 6.29 Å². The van der Waals surface area contributed by atoms with Gasteiger partial charge in [-0.05, 0) is 19.3 Å². The molecule has 1 fully saturated rings. The van der Waals surface area contributed by atoms with Crippen molar-refractivity contribution < 1.29 is 14.3 Å². The highest BCUT2D eigenvalue weighted by Gasteiger charge is 2.25. The van der Waals surface area contributed by atoms with Crippen molar-refractivity contribution in [2.45, 2.75) is 25.3 Å². The molecule has 2 rings (SSSR count). The highest BCUT2D eigenvalue weighted by molar-refractivity contribution is 5.64. The first kappa shape index (κ1) is 12.5. The summed E-state index contributed by atoms with van der Waals surface area (Å²) in [7, 11) is 2.96. The number of aromatic nitrogens is 3. The molecule has 1 aliphatic rings. The lowest BCUT2D eigenvalue weighted by atomic mass is 10.0. The molecular formula is C11H16N4O3. The molecule has 0 N–H and O–H groups in total. The number of methoxy groups -OCH3 is 2. The van der Waals surface area contributed by atoms with Gasteiger partial charge in [-0.1, -0.05) is 0 Å². The van der Waals surface area contributed by atoms with Crippen molar-refractivity contribution in [3.8, 4) is 12.0 Å². The van der Waals surface area contributed by atoms with Gasteiger partial charge in [-0.3, -0.25) is 0 Å². The number of rotatable bonds is 4. The minimum atomic E-state index is -0.185. The molecule has 0 aliphatic carbocycles. The summed E-state index contributed by atoms with van der Waals surface area (Å²) in [6, 6.07) is 0.190. The van der Waals surface area contributed by atoms with Crippen LogP contribution in [0.4, 0.5) is 5.95 Å². The Hall–Kier alpha value is -1.92. The molecule has 7 nitrogen and oxygen atoms in total. The fraction of sp³-hybridized carbons (Fsp3) is 0.636. The van der Waals surface area contributed by atoms with Gasteiger partial charge < -0.3 is 19.2 Å². The molecule has 0 saturated carbocycles. The number of anilines is 1. The van der Waals surface area contributed by atoms with Gasteiger partial charge >= 0.3 is 12.0 Å². The number of hydrogen-bond acceptors (Lipinski definition) is 7. The van der Waals surface area contributed by atoms with Crippen LogP contribution in [0.3, 0.4) is 0 Å². The van der Waals surface area contributed by atoms with E-state index in [0.717, 1.165) is 32.1 Å². The maximum Gasteiger partial charge on any atom is 0.324 e. The quantitative estimate of drug-likeness (QED) is 0.720. The predicted molar refractivity (Wildman–Crippen MR) is 64.0 cm³/mol. The molecule has 0 amide bonds. The van der Waals surface area contributed by atoms with E-state index in [1.807, 2.05) is 4.90 Å². The molecule has 18 heavy (non-hydrogen) atoms. The van der Waals surface area contributed by atoms with Crippen molar-refractivity contribution in [3.63, 3.8) is 0 Å². The van der Waals surface area contributed by atoms with Gasteiger partial charge in [0, 0.05) is 6.54 Å². The molecule has 2 heterocycles. The van der Waals surface area contributed by atoms with Gasteiger partial charge in [-0.25, -0.2) is 0 Å². The Kier molecular flexibility index (Phi) is 3.91. The van der Waals surface area contributed by atoms with E-state index in [2.05, 4.69) is 15.0 Å². The van der Waals surface area contributed by atoms with Gasteiger partial charge in [-0.15, -0.1) is 4.98 Å². The van der Waals surface area contributed by atoms with Gasteiger partial charge in [0.2, 0.25) is 5.95 Å². The Morgan fingerprint density at radius 2 is 1.83 bits per heavy atom. The molecule has 1 atom stereocenters. The minimum Gasteiger partial charge on any atom is -0.467 e. The van der Waals surface area contributed by atoms with Crippen LogP contribution < -0.4 is 14.4 Å². The molecule has 0 bridgehead atoms. The second-order valence-corrected chi connectivity index (χ2v) is 4.00. The third-order valence-electron chi connectivity index (χ3n) is 2.91. The number of piperidine rings is 1. The van der Waals surface area contributed by atoms with Crippen LogP contribution >= 0.6 is 0 Å². The monoisotopic (exact) mass is 252 g/mol. The van der Waals surface area contributed by atoms with E-state index in [-0.39, 0.29) is 18.1 Å². The summed E-state index contributed by atoms with van der Waals surface area (Å²) in [5.41, 5.74) is 0. The van der Waals surface area contributed by atoms with Crippen LogP contribution in [0.2, 0.25) is 0 Å². The van der Waals surface area contributed by atoms with Crippen molar-refractivity contribution in [2.24, 2.45) is 0 Å². The Balaban J connectivity index is 2.32. The van der Waals surface area contributed by atoms with Crippen molar-refractivity contribution in [1.29, 1.82) is 0 Å². The lowest BCUT2D eigenvalue weighted by Crippen LogP contribution is -2.41. The molecule has 1 unspecified atom stereocenters. The van der Waals surface area contributed by atoms with Crippen LogP contribution in [-0.2, 0) is 4.79 Å². The largest absolute Gasteiger partial charge is 0.467 e. The molecule has 1 aromatic heterocycles. The van der Waals surface area contributed by atoms with E-state index in [9.17, 15) is 4.79 Å². The number of aldehydes is 1. The normalized spacial score (nSPS) is 19.4. The molecule has 1 aliphatic heterocycles. The Morgan fingerprint density at radius 3 is 2.39 bits per heavy atom. The number of hydrogen-bond donors (Lipinski definition) is 0. The summed E-state index contributed by atoms with van der Waals surface area (Å²) in [6.45, 7) is 0.750. The molecule has 1 aromatic rings. The van der Waals surface area contributed by atoms with Gasteiger partial charge in [0.15, 0.2) is 0 Å². The number of carbonyl (C=O) groups is 1. The molecular weight excluding hydrogens is 236 g/mol. The second kappa shape index (κ2) is 5.61. The first-order chi connectivity index (χ1) is 8.78. The standard InChI is InChI=1S/C11H16N4O3/c1-17-10-12-9(13-11(14-10)18-2)15-6-4-3-5-8(15)7-16/h7-8H,3-6H2,1-2H3. The number of nitrogens with zero attached hydrogens (tertiary/aromatic N) is 4. The summed E-state index contributed by atoms with van der Waals surface area (Å²) in [5, 5.41) is 0. The van der Waals surface area contributed by atoms with E-state index in [4.69, 9.17) is 9.47 Å². The first-order valence-corrected chi connectivity index (χ1v) is 5.84. The van der Waals surface area contributed by atoms with Crippen molar-refractivity contribution >= 4 is 12.2 Å². The fourth-order valence-electron chi connectivity index (χ4n) is 1.99.